The number of aliphatic carboxylic acids is 1. The molecule has 12 heavy (non-hydrogen) atoms. The van der Waals surface area contributed by atoms with Crippen molar-refractivity contribution in [3.8, 4) is 0 Å². The van der Waals surface area contributed by atoms with Crippen molar-refractivity contribution in [3.63, 3.8) is 0 Å². The molecule has 1 N–H and O–H groups in total. The molecule has 0 saturated carbocycles. The van der Waals surface area contributed by atoms with E-state index in [1.807, 2.05) is 20.8 Å². The zero-order chi connectivity index (χ0) is 9.72. The smallest absolute Gasteiger partial charge is 0.324 e. The van der Waals surface area contributed by atoms with Crippen molar-refractivity contribution in [2.45, 2.75) is 32.3 Å². The molecule has 0 heterocycles. The van der Waals surface area contributed by atoms with Crippen LogP contribution in [0.2, 0.25) is 0 Å². The van der Waals surface area contributed by atoms with Crippen LogP contribution in [-0.4, -0.2) is 29.2 Å². The molecule has 0 saturated heterocycles. The SMILES string of the molecule is CC(C)C(C)OCC(Cl)C(=O)O. The second kappa shape index (κ2) is 5.38. The first-order chi connectivity index (χ1) is 5.45. The molecule has 0 spiro atoms. The first-order valence-corrected chi connectivity index (χ1v) is 4.37. The highest BCUT2D eigenvalue weighted by molar-refractivity contribution is 6.29. The fourth-order valence-corrected chi connectivity index (χ4v) is 0.573. The van der Waals surface area contributed by atoms with Crippen LogP contribution in [0.25, 0.3) is 0 Å². The predicted octanol–water partition coefficient (Wildman–Crippen LogP) is 1.74. The third kappa shape index (κ3) is 4.57. The van der Waals surface area contributed by atoms with Crippen molar-refractivity contribution in [2.75, 3.05) is 6.61 Å². The monoisotopic (exact) mass is 194 g/mol. The average Bonchev–Trinajstić information content (AvgIpc) is 1.98. The number of hydrogen-bond donors (Lipinski definition) is 1. The van der Waals surface area contributed by atoms with Crippen LogP contribution in [-0.2, 0) is 9.53 Å². The van der Waals surface area contributed by atoms with Crippen molar-refractivity contribution in [1.29, 1.82) is 0 Å². The van der Waals surface area contributed by atoms with E-state index < -0.39 is 11.3 Å². The second-order valence-corrected chi connectivity index (χ2v) is 3.62. The van der Waals surface area contributed by atoms with Gasteiger partial charge in [0, 0.05) is 0 Å². The Hall–Kier alpha value is -0.280. The van der Waals surface area contributed by atoms with Crippen molar-refractivity contribution in [3.05, 3.63) is 0 Å². The minimum atomic E-state index is -1.03. The van der Waals surface area contributed by atoms with E-state index in [0.717, 1.165) is 0 Å². The highest BCUT2D eigenvalue weighted by atomic mass is 35.5. The van der Waals surface area contributed by atoms with Gasteiger partial charge in [-0.15, -0.1) is 11.6 Å². The number of alkyl halides is 1. The molecule has 0 aliphatic carbocycles. The number of ether oxygens (including phenoxy) is 1. The number of rotatable bonds is 5. The number of hydrogen-bond acceptors (Lipinski definition) is 2. The Morgan fingerprint density at radius 3 is 2.33 bits per heavy atom. The van der Waals surface area contributed by atoms with Gasteiger partial charge in [0.1, 0.15) is 0 Å². The maximum Gasteiger partial charge on any atom is 0.324 e. The Balaban J connectivity index is 3.61. The molecule has 0 aromatic carbocycles. The molecule has 2 atom stereocenters. The average molecular weight is 195 g/mol. The van der Waals surface area contributed by atoms with Gasteiger partial charge in [-0.05, 0) is 12.8 Å². The van der Waals surface area contributed by atoms with E-state index in [9.17, 15) is 4.79 Å². The molecule has 0 aromatic rings. The third-order valence-corrected chi connectivity index (χ3v) is 2.02. The summed E-state index contributed by atoms with van der Waals surface area (Å²) in [7, 11) is 0. The lowest BCUT2D eigenvalue weighted by Crippen LogP contribution is -2.25. The summed E-state index contributed by atoms with van der Waals surface area (Å²) in [6, 6.07) is 0. The summed E-state index contributed by atoms with van der Waals surface area (Å²) in [5, 5.41) is 7.48. The third-order valence-electron chi connectivity index (χ3n) is 1.71. The molecule has 0 bridgehead atoms. The molecule has 0 aliphatic heterocycles. The van der Waals surface area contributed by atoms with Crippen LogP contribution < -0.4 is 0 Å². The molecule has 0 aliphatic rings. The standard InChI is InChI=1S/C8H15ClO3/c1-5(2)6(3)12-4-7(9)8(10)11/h5-7H,4H2,1-3H3,(H,10,11). The summed E-state index contributed by atoms with van der Waals surface area (Å²) in [5.41, 5.74) is 0. The fraction of sp³-hybridized carbons (Fsp3) is 0.875. The van der Waals surface area contributed by atoms with Crippen LogP contribution in [0, 0.1) is 5.92 Å². The molecule has 3 nitrogen and oxygen atoms in total. The lowest BCUT2D eigenvalue weighted by Gasteiger charge is -2.17. The second-order valence-electron chi connectivity index (χ2n) is 3.09. The number of carboxylic acids is 1. The minimum Gasteiger partial charge on any atom is -0.480 e. The fourth-order valence-electron chi connectivity index (χ4n) is 0.500. The van der Waals surface area contributed by atoms with Gasteiger partial charge in [0.25, 0.3) is 0 Å². The summed E-state index contributed by atoms with van der Waals surface area (Å²) in [6.45, 7) is 5.98. The predicted molar refractivity (Wildman–Crippen MR) is 47.5 cm³/mol. The molecular formula is C8H15ClO3. The largest absolute Gasteiger partial charge is 0.480 e. The van der Waals surface area contributed by atoms with Crippen molar-refractivity contribution >= 4 is 17.6 Å². The molecule has 0 rings (SSSR count). The van der Waals surface area contributed by atoms with E-state index in [-0.39, 0.29) is 12.7 Å². The van der Waals surface area contributed by atoms with Crippen LogP contribution in [0.3, 0.4) is 0 Å². The maximum atomic E-state index is 10.3. The van der Waals surface area contributed by atoms with Crippen molar-refractivity contribution in [1.82, 2.24) is 0 Å². The van der Waals surface area contributed by atoms with Gasteiger partial charge in [-0.1, -0.05) is 13.8 Å². The van der Waals surface area contributed by atoms with E-state index in [1.165, 1.54) is 0 Å². The van der Waals surface area contributed by atoms with E-state index in [4.69, 9.17) is 21.4 Å². The zero-order valence-electron chi connectivity index (χ0n) is 7.58. The van der Waals surface area contributed by atoms with E-state index >= 15 is 0 Å². The van der Waals surface area contributed by atoms with Gasteiger partial charge in [-0.25, -0.2) is 0 Å². The number of carbonyl (C=O) groups is 1. The molecule has 4 heteroatoms. The normalized spacial score (nSPS) is 16.1. The topological polar surface area (TPSA) is 46.5 Å². The van der Waals surface area contributed by atoms with Crippen molar-refractivity contribution in [2.24, 2.45) is 5.92 Å². The Morgan fingerprint density at radius 2 is 2.00 bits per heavy atom. The maximum absolute atomic E-state index is 10.3. The Labute approximate surface area is 77.7 Å². The quantitative estimate of drug-likeness (QED) is 0.679. The lowest BCUT2D eigenvalue weighted by molar-refractivity contribution is -0.138. The molecule has 0 amide bonds. The van der Waals surface area contributed by atoms with Crippen LogP contribution in [0.1, 0.15) is 20.8 Å². The summed E-state index contributed by atoms with van der Waals surface area (Å²) < 4.78 is 5.21. The van der Waals surface area contributed by atoms with Gasteiger partial charge in [-0.2, -0.15) is 0 Å². The van der Waals surface area contributed by atoms with Crippen LogP contribution in [0.5, 0.6) is 0 Å². The molecular weight excluding hydrogens is 180 g/mol. The zero-order valence-corrected chi connectivity index (χ0v) is 8.34. The summed E-state index contributed by atoms with van der Waals surface area (Å²) in [4.78, 5) is 10.3. The Kier molecular flexibility index (Phi) is 5.25. The van der Waals surface area contributed by atoms with E-state index in [0.29, 0.717) is 5.92 Å². The highest BCUT2D eigenvalue weighted by Gasteiger charge is 2.16. The Morgan fingerprint density at radius 1 is 1.50 bits per heavy atom. The van der Waals surface area contributed by atoms with Gasteiger partial charge < -0.3 is 9.84 Å². The van der Waals surface area contributed by atoms with Gasteiger partial charge in [-0.3, -0.25) is 4.79 Å². The molecule has 72 valence electrons. The van der Waals surface area contributed by atoms with Gasteiger partial charge in [0.15, 0.2) is 5.38 Å². The molecule has 0 aromatic heterocycles. The minimum absolute atomic E-state index is 0.0469. The molecule has 0 fully saturated rings. The van der Waals surface area contributed by atoms with E-state index in [1.54, 1.807) is 0 Å². The number of carboxylic acid groups (broad SMARTS) is 1. The summed E-state index contributed by atoms with van der Waals surface area (Å²) >= 11 is 5.44. The van der Waals surface area contributed by atoms with Gasteiger partial charge >= 0.3 is 5.97 Å². The Bertz CT molecular complexity index is 147. The van der Waals surface area contributed by atoms with Gasteiger partial charge in [0.2, 0.25) is 0 Å². The van der Waals surface area contributed by atoms with Crippen LogP contribution >= 0.6 is 11.6 Å². The molecule has 0 radical (unpaired) electrons. The highest BCUT2D eigenvalue weighted by Crippen LogP contribution is 2.07. The van der Waals surface area contributed by atoms with Gasteiger partial charge in [0.05, 0.1) is 12.7 Å². The summed E-state index contributed by atoms with van der Waals surface area (Å²) in [6.07, 6.45) is 0.0469. The van der Waals surface area contributed by atoms with E-state index in [2.05, 4.69) is 0 Å². The summed E-state index contributed by atoms with van der Waals surface area (Å²) in [5.74, 6) is -0.657. The lowest BCUT2D eigenvalue weighted by atomic mass is 10.1. The van der Waals surface area contributed by atoms with Crippen LogP contribution in [0.4, 0.5) is 0 Å². The number of halogens is 1. The first-order valence-electron chi connectivity index (χ1n) is 3.93. The van der Waals surface area contributed by atoms with Crippen molar-refractivity contribution < 1.29 is 14.6 Å². The first kappa shape index (κ1) is 11.7. The molecule has 2 unspecified atom stereocenters. The van der Waals surface area contributed by atoms with Crippen LogP contribution in [0.15, 0.2) is 0 Å².